The zero-order valence-electron chi connectivity index (χ0n) is 12.1. The highest BCUT2D eigenvalue weighted by atomic mass is 16.5. The fourth-order valence-electron chi connectivity index (χ4n) is 1.67. The Labute approximate surface area is 123 Å². The van der Waals surface area contributed by atoms with Crippen LogP contribution >= 0.6 is 0 Å². The van der Waals surface area contributed by atoms with Crippen molar-refractivity contribution in [2.24, 2.45) is 0 Å². The SMILES string of the molecule is CNC(=O)CCCOc1c(C=CC(=O)O)cccc1OC. The molecule has 1 amide bonds. The van der Waals surface area contributed by atoms with Gasteiger partial charge >= 0.3 is 5.97 Å². The summed E-state index contributed by atoms with van der Waals surface area (Å²) in [5.41, 5.74) is 0.608. The molecule has 0 bridgehead atoms. The molecule has 1 rings (SSSR count). The average Bonchev–Trinajstić information content (AvgIpc) is 2.49. The number of para-hydroxylation sites is 1. The first kappa shape index (κ1) is 16.6. The summed E-state index contributed by atoms with van der Waals surface area (Å²) < 4.78 is 10.8. The van der Waals surface area contributed by atoms with Crippen LogP contribution in [0.15, 0.2) is 24.3 Å². The second-order valence-corrected chi connectivity index (χ2v) is 4.18. The van der Waals surface area contributed by atoms with Crippen LogP contribution in [-0.4, -0.2) is 37.7 Å². The lowest BCUT2D eigenvalue weighted by molar-refractivity contribution is -0.131. The van der Waals surface area contributed by atoms with E-state index in [-0.39, 0.29) is 5.91 Å². The van der Waals surface area contributed by atoms with Crippen molar-refractivity contribution >= 4 is 18.0 Å². The molecule has 0 saturated heterocycles. The Bertz CT molecular complexity index is 525. The molecule has 0 aliphatic rings. The highest BCUT2D eigenvalue weighted by Gasteiger charge is 2.09. The number of amides is 1. The minimum atomic E-state index is -1.04. The molecular formula is C15H19NO5. The highest BCUT2D eigenvalue weighted by molar-refractivity contribution is 5.86. The normalized spacial score (nSPS) is 10.4. The number of aliphatic carboxylic acids is 1. The number of hydrogen-bond acceptors (Lipinski definition) is 4. The first-order valence-electron chi connectivity index (χ1n) is 6.50. The summed E-state index contributed by atoms with van der Waals surface area (Å²) in [4.78, 5) is 21.7. The summed E-state index contributed by atoms with van der Waals surface area (Å²) >= 11 is 0. The van der Waals surface area contributed by atoms with Crippen LogP contribution in [0.3, 0.4) is 0 Å². The van der Waals surface area contributed by atoms with Gasteiger partial charge in [-0.3, -0.25) is 4.79 Å². The maximum Gasteiger partial charge on any atom is 0.328 e. The number of rotatable bonds is 8. The molecular weight excluding hydrogens is 274 g/mol. The summed E-state index contributed by atoms with van der Waals surface area (Å²) in [6.07, 6.45) is 3.40. The second-order valence-electron chi connectivity index (χ2n) is 4.18. The molecule has 21 heavy (non-hydrogen) atoms. The van der Waals surface area contributed by atoms with Crippen LogP contribution < -0.4 is 14.8 Å². The van der Waals surface area contributed by atoms with E-state index < -0.39 is 5.97 Å². The van der Waals surface area contributed by atoms with Crippen molar-refractivity contribution in [2.75, 3.05) is 20.8 Å². The summed E-state index contributed by atoms with van der Waals surface area (Å²) in [7, 11) is 3.09. The van der Waals surface area contributed by atoms with E-state index in [9.17, 15) is 9.59 Å². The number of benzene rings is 1. The molecule has 0 heterocycles. The molecule has 2 N–H and O–H groups in total. The third-order valence-corrected chi connectivity index (χ3v) is 2.71. The summed E-state index contributed by atoms with van der Waals surface area (Å²) in [6.45, 7) is 0.335. The van der Waals surface area contributed by atoms with Crippen molar-refractivity contribution in [3.05, 3.63) is 29.8 Å². The molecule has 1 aromatic carbocycles. The Morgan fingerprint density at radius 3 is 2.76 bits per heavy atom. The maximum atomic E-state index is 11.1. The predicted octanol–water partition coefficient (Wildman–Crippen LogP) is 1.70. The van der Waals surface area contributed by atoms with Gasteiger partial charge in [-0.15, -0.1) is 0 Å². The average molecular weight is 293 g/mol. The molecule has 0 atom stereocenters. The lowest BCUT2D eigenvalue weighted by Crippen LogP contribution is -2.18. The third-order valence-electron chi connectivity index (χ3n) is 2.71. The van der Waals surface area contributed by atoms with E-state index in [4.69, 9.17) is 14.6 Å². The number of carboxylic acid groups (broad SMARTS) is 1. The standard InChI is InChI=1S/C15H19NO5/c1-16-13(17)7-4-10-21-15-11(8-9-14(18)19)5-3-6-12(15)20-2/h3,5-6,8-9H,4,7,10H2,1-2H3,(H,16,17)(H,18,19). The van der Waals surface area contributed by atoms with Gasteiger partial charge in [0.15, 0.2) is 11.5 Å². The van der Waals surface area contributed by atoms with E-state index >= 15 is 0 Å². The van der Waals surface area contributed by atoms with Crippen LogP contribution in [0, 0.1) is 0 Å². The van der Waals surface area contributed by atoms with Crippen LogP contribution in [-0.2, 0) is 9.59 Å². The van der Waals surface area contributed by atoms with Crippen molar-refractivity contribution in [3.8, 4) is 11.5 Å². The van der Waals surface area contributed by atoms with Gasteiger partial charge in [0, 0.05) is 25.1 Å². The van der Waals surface area contributed by atoms with Crippen LogP contribution in [0.1, 0.15) is 18.4 Å². The number of carbonyl (C=O) groups is 2. The predicted molar refractivity (Wildman–Crippen MR) is 78.5 cm³/mol. The zero-order valence-corrected chi connectivity index (χ0v) is 12.1. The molecule has 0 saturated carbocycles. The smallest absolute Gasteiger partial charge is 0.328 e. The number of carbonyl (C=O) groups excluding carboxylic acids is 1. The Morgan fingerprint density at radius 2 is 2.14 bits per heavy atom. The molecule has 0 radical (unpaired) electrons. The van der Waals surface area contributed by atoms with Crippen molar-refractivity contribution < 1.29 is 24.2 Å². The minimum absolute atomic E-state index is 0.0513. The van der Waals surface area contributed by atoms with Gasteiger partial charge in [-0.05, 0) is 18.6 Å². The first-order chi connectivity index (χ1) is 10.1. The van der Waals surface area contributed by atoms with E-state index in [0.717, 1.165) is 6.08 Å². The number of carboxylic acids is 1. The van der Waals surface area contributed by atoms with Gasteiger partial charge in [0.25, 0.3) is 0 Å². The van der Waals surface area contributed by atoms with E-state index in [1.165, 1.54) is 13.2 Å². The van der Waals surface area contributed by atoms with E-state index in [0.29, 0.717) is 36.5 Å². The minimum Gasteiger partial charge on any atom is -0.493 e. The van der Waals surface area contributed by atoms with Gasteiger partial charge in [0.05, 0.1) is 13.7 Å². The molecule has 0 aliphatic carbocycles. The Balaban J connectivity index is 2.77. The molecule has 0 aliphatic heterocycles. The number of nitrogens with one attached hydrogen (secondary N) is 1. The van der Waals surface area contributed by atoms with E-state index in [1.807, 2.05) is 0 Å². The van der Waals surface area contributed by atoms with Gasteiger partial charge in [0.1, 0.15) is 0 Å². The van der Waals surface area contributed by atoms with Gasteiger partial charge in [-0.1, -0.05) is 12.1 Å². The second kappa shape index (κ2) is 8.63. The summed E-state index contributed by atoms with van der Waals surface area (Å²) in [5, 5.41) is 11.2. The quantitative estimate of drug-likeness (QED) is 0.563. The highest BCUT2D eigenvalue weighted by Crippen LogP contribution is 2.32. The van der Waals surface area contributed by atoms with Crippen LogP contribution in [0.25, 0.3) is 6.08 Å². The number of ether oxygens (including phenoxy) is 2. The Kier molecular flexibility index (Phi) is 6.80. The van der Waals surface area contributed by atoms with Gasteiger partial charge in [0.2, 0.25) is 5.91 Å². The molecule has 0 fully saturated rings. The topological polar surface area (TPSA) is 84.9 Å². The lowest BCUT2D eigenvalue weighted by Gasteiger charge is -2.13. The van der Waals surface area contributed by atoms with Crippen LogP contribution in [0.2, 0.25) is 0 Å². The lowest BCUT2D eigenvalue weighted by atomic mass is 10.1. The molecule has 114 valence electrons. The van der Waals surface area contributed by atoms with Crippen molar-refractivity contribution in [1.82, 2.24) is 5.32 Å². The third kappa shape index (κ3) is 5.56. The molecule has 0 unspecified atom stereocenters. The van der Waals surface area contributed by atoms with Crippen LogP contribution in [0.4, 0.5) is 0 Å². The van der Waals surface area contributed by atoms with Gasteiger partial charge in [-0.25, -0.2) is 4.79 Å². The number of hydrogen-bond donors (Lipinski definition) is 2. The van der Waals surface area contributed by atoms with Crippen LogP contribution in [0.5, 0.6) is 11.5 Å². The fourth-order valence-corrected chi connectivity index (χ4v) is 1.67. The number of methoxy groups -OCH3 is 1. The summed E-state index contributed by atoms with van der Waals surface area (Å²) in [5.74, 6) is -0.107. The molecule has 1 aromatic rings. The largest absolute Gasteiger partial charge is 0.493 e. The molecule has 6 nitrogen and oxygen atoms in total. The van der Waals surface area contributed by atoms with E-state index in [1.54, 1.807) is 25.2 Å². The summed E-state index contributed by atoms with van der Waals surface area (Å²) in [6, 6.07) is 5.21. The van der Waals surface area contributed by atoms with Crippen molar-refractivity contribution in [1.29, 1.82) is 0 Å². The fraction of sp³-hybridized carbons (Fsp3) is 0.333. The first-order valence-corrected chi connectivity index (χ1v) is 6.50. The molecule has 0 aromatic heterocycles. The van der Waals surface area contributed by atoms with Gasteiger partial charge < -0.3 is 19.9 Å². The monoisotopic (exact) mass is 293 g/mol. The molecule has 6 heteroatoms. The Morgan fingerprint density at radius 1 is 1.38 bits per heavy atom. The maximum absolute atomic E-state index is 11.1. The van der Waals surface area contributed by atoms with Crippen molar-refractivity contribution in [2.45, 2.75) is 12.8 Å². The zero-order chi connectivity index (χ0) is 15.7. The Hall–Kier alpha value is -2.50. The van der Waals surface area contributed by atoms with Gasteiger partial charge in [-0.2, -0.15) is 0 Å². The van der Waals surface area contributed by atoms with E-state index in [2.05, 4.69) is 5.32 Å². The van der Waals surface area contributed by atoms with Crippen molar-refractivity contribution in [3.63, 3.8) is 0 Å². The molecule has 0 spiro atoms.